The zero-order valence-corrected chi connectivity index (χ0v) is 18.1. The average molecular weight is 434 g/mol. The Labute approximate surface area is 181 Å². The van der Waals surface area contributed by atoms with Crippen LogP contribution in [0.1, 0.15) is 47.4 Å². The average Bonchev–Trinajstić information content (AvgIpc) is 3.19. The molecule has 0 unspecified atom stereocenters. The summed E-state index contributed by atoms with van der Waals surface area (Å²) in [7, 11) is 0. The first-order valence-electron chi connectivity index (χ1n) is 9.78. The topological polar surface area (TPSA) is 61.4 Å². The molecule has 0 aromatic heterocycles. The summed E-state index contributed by atoms with van der Waals surface area (Å²) < 4.78 is 0. The molecular formula is C22H25Cl2N3O2. The second kappa shape index (κ2) is 9.51. The van der Waals surface area contributed by atoms with Gasteiger partial charge in [0.15, 0.2) is 0 Å². The molecule has 5 nitrogen and oxygen atoms in total. The first kappa shape index (κ1) is 21.5. The molecule has 2 aromatic rings. The minimum absolute atomic E-state index is 0.137. The van der Waals surface area contributed by atoms with Gasteiger partial charge in [-0.1, -0.05) is 37.0 Å². The fraction of sp³-hybridized carbons (Fsp3) is 0.364. The molecule has 0 radical (unpaired) electrons. The van der Waals surface area contributed by atoms with Gasteiger partial charge in [-0.05, 0) is 55.2 Å². The number of hydrogen-bond donors (Lipinski definition) is 2. The molecule has 1 fully saturated rings. The monoisotopic (exact) mass is 433 g/mol. The molecule has 0 saturated carbocycles. The molecule has 1 aliphatic heterocycles. The number of nitrogens with zero attached hydrogens (tertiary/aromatic N) is 1. The number of rotatable bonds is 6. The summed E-state index contributed by atoms with van der Waals surface area (Å²) in [6.45, 7) is 6.55. The Bertz CT molecular complexity index is 889. The van der Waals surface area contributed by atoms with Gasteiger partial charge in [0, 0.05) is 46.6 Å². The van der Waals surface area contributed by atoms with Gasteiger partial charge in [0.05, 0.1) is 5.56 Å². The Morgan fingerprint density at radius 1 is 1.00 bits per heavy atom. The van der Waals surface area contributed by atoms with Crippen LogP contribution in [-0.2, 0) is 0 Å². The molecule has 154 valence electrons. The van der Waals surface area contributed by atoms with Crippen molar-refractivity contribution < 1.29 is 9.59 Å². The summed E-state index contributed by atoms with van der Waals surface area (Å²) in [5.41, 5.74) is 2.36. The zero-order valence-electron chi connectivity index (χ0n) is 16.6. The van der Waals surface area contributed by atoms with E-state index in [-0.39, 0.29) is 11.8 Å². The summed E-state index contributed by atoms with van der Waals surface area (Å²) in [5.74, 6) is -0.121. The molecule has 2 aromatic carbocycles. The van der Waals surface area contributed by atoms with Gasteiger partial charge in [0.1, 0.15) is 0 Å². The molecule has 1 saturated heterocycles. The van der Waals surface area contributed by atoms with Crippen LogP contribution in [0.4, 0.5) is 11.4 Å². The highest BCUT2D eigenvalue weighted by Crippen LogP contribution is 2.28. The molecule has 29 heavy (non-hydrogen) atoms. The Balaban J connectivity index is 1.86. The highest BCUT2D eigenvalue weighted by atomic mass is 35.5. The van der Waals surface area contributed by atoms with Crippen molar-refractivity contribution in [1.29, 1.82) is 0 Å². The van der Waals surface area contributed by atoms with E-state index in [9.17, 15) is 9.59 Å². The molecule has 3 rings (SSSR count). The van der Waals surface area contributed by atoms with Gasteiger partial charge in [-0.25, -0.2) is 0 Å². The summed E-state index contributed by atoms with van der Waals surface area (Å²) in [6, 6.07) is 10.1. The molecule has 1 aliphatic rings. The predicted octanol–water partition coefficient (Wildman–Crippen LogP) is 5.23. The van der Waals surface area contributed by atoms with E-state index in [0.29, 0.717) is 39.3 Å². The zero-order chi connectivity index (χ0) is 21.0. The number of halogens is 2. The lowest BCUT2D eigenvalue weighted by molar-refractivity contribution is 0.0948. The van der Waals surface area contributed by atoms with E-state index in [2.05, 4.69) is 29.4 Å². The third-order valence-corrected chi connectivity index (χ3v) is 5.18. The smallest absolute Gasteiger partial charge is 0.255 e. The molecule has 0 bridgehead atoms. The van der Waals surface area contributed by atoms with Crippen molar-refractivity contribution in [2.45, 2.75) is 26.7 Å². The number of carbonyl (C=O) groups excluding carboxylic acids is 2. The molecule has 7 heteroatoms. The molecule has 2 amide bonds. The third-order valence-electron chi connectivity index (χ3n) is 4.74. The Morgan fingerprint density at radius 2 is 1.66 bits per heavy atom. The van der Waals surface area contributed by atoms with Crippen LogP contribution in [0.5, 0.6) is 0 Å². The highest BCUT2D eigenvalue weighted by molar-refractivity contribution is 6.35. The maximum Gasteiger partial charge on any atom is 0.255 e. The molecule has 1 heterocycles. The number of hydrogen-bond acceptors (Lipinski definition) is 3. The number of carbonyl (C=O) groups is 2. The van der Waals surface area contributed by atoms with Crippen molar-refractivity contribution in [2.24, 2.45) is 5.92 Å². The van der Waals surface area contributed by atoms with Crippen molar-refractivity contribution in [3.63, 3.8) is 0 Å². The van der Waals surface area contributed by atoms with Gasteiger partial charge >= 0.3 is 0 Å². The van der Waals surface area contributed by atoms with Crippen molar-refractivity contribution in [1.82, 2.24) is 5.32 Å². The van der Waals surface area contributed by atoms with Crippen LogP contribution >= 0.6 is 23.2 Å². The Hall–Kier alpha value is -2.24. The molecule has 2 N–H and O–H groups in total. The van der Waals surface area contributed by atoms with Gasteiger partial charge in [-0.15, -0.1) is 0 Å². The second-order valence-electron chi connectivity index (χ2n) is 7.64. The SMILES string of the molecule is CC(C)CNC(=O)c1cc(NC(=O)c2cc(Cl)cc(Cl)c2)ccc1N1CCCC1. The lowest BCUT2D eigenvalue weighted by Gasteiger charge is -2.22. The van der Waals surface area contributed by atoms with Crippen LogP contribution in [0.25, 0.3) is 0 Å². The minimum Gasteiger partial charge on any atom is -0.371 e. The number of benzene rings is 2. The quantitative estimate of drug-likeness (QED) is 0.655. The van der Waals surface area contributed by atoms with Crippen LogP contribution in [0, 0.1) is 5.92 Å². The summed E-state index contributed by atoms with van der Waals surface area (Å²) >= 11 is 12.0. The molecule has 0 aliphatic carbocycles. The van der Waals surface area contributed by atoms with Crippen LogP contribution < -0.4 is 15.5 Å². The molecule has 0 spiro atoms. The van der Waals surface area contributed by atoms with Crippen LogP contribution in [0.2, 0.25) is 10.0 Å². The van der Waals surface area contributed by atoms with Crippen molar-refractivity contribution in [2.75, 3.05) is 29.9 Å². The summed E-state index contributed by atoms with van der Waals surface area (Å²) in [5, 5.41) is 6.59. The van der Waals surface area contributed by atoms with Crippen molar-refractivity contribution in [3.05, 3.63) is 57.6 Å². The lowest BCUT2D eigenvalue weighted by Crippen LogP contribution is -2.30. The summed E-state index contributed by atoms with van der Waals surface area (Å²) in [6.07, 6.45) is 2.22. The first-order valence-corrected chi connectivity index (χ1v) is 10.5. The van der Waals surface area contributed by atoms with Gasteiger partial charge in [0.25, 0.3) is 11.8 Å². The lowest BCUT2D eigenvalue weighted by atomic mass is 10.1. The van der Waals surface area contributed by atoms with Gasteiger partial charge in [-0.3, -0.25) is 9.59 Å². The van der Waals surface area contributed by atoms with E-state index in [1.807, 2.05) is 12.1 Å². The van der Waals surface area contributed by atoms with E-state index < -0.39 is 0 Å². The second-order valence-corrected chi connectivity index (χ2v) is 8.52. The maximum atomic E-state index is 12.8. The van der Waals surface area contributed by atoms with Crippen molar-refractivity contribution in [3.8, 4) is 0 Å². The fourth-order valence-corrected chi connectivity index (χ4v) is 3.84. The number of nitrogens with one attached hydrogen (secondary N) is 2. The highest BCUT2D eigenvalue weighted by Gasteiger charge is 2.21. The van der Waals surface area contributed by atoms with Gasteiger partial charge < -0.3 is 15.5 Å². The third kappa shape index (κ3) is 5.64. The van der Waals surface area contributed by atoms with E-state index in [1.54, 1.807) is 24.3 Å². The van der Waals surface area contributed by atoms with Crippen molar-refractivity contribution >= 4 is 46.4 Å². The van der Waals surface area contributed by atoms with E-state index in [4.69, 9.17) is 23.2 Å². The number of amides is 2. The standard InChI is InChI=1S/C22H25Cl2N3O2/c1-14(2)13-25-22(29)19-12-18(5-6-20(19)27-7-3-4-8-27)26-21(28)15-9-16(23)11-17(24)10-15/h5-6,9-12,14H,3-4,7-8,13H2,1-2H3,(H,25,29)(H,26,28). The normalized spacial score (nSPS) is 13.6. The maximum absolute atomic E-state index is 12.8. The van der Waals surface area contributed by atoms with E-state index >= 15 is 0 Å². The molecular weight excluding hydrogens is 409 g/mol. The molecule has 0 atom stereocenters. The summed E-state index contributed by atoms with van der Waals surface area (Å²) in [4.78, 5) is 27.7. The largest absolute Gasteiger partial charge is 0.371 e. The predicted molar refractivity (Wildman–Crippen MR) is 119 cm³/mol. The fourth-order valence-electron chi connectivity index (χ4n) is 3.31. The van der Waals surface area contributed by atoms with Crippen LogP contribution in [-0.4, -0.2) is 31.4 Å². The minimum atomic E-state index is -0.336. The van der Waals surface area contributed by atoms with Gasteiger partial charge in [0.2, 0.25) is 0 Å². The van der Waals surface area contributed by atoms with Crippen LogP contribution in [0.3, 0.4) is 0 Å². The first-order chi connectivity index (χ1) is 13.8. The van der Waals surface area contributed by atoms with Gasteiger partial charge in [-0.2, -0.15) is 0 Å². The Kier molecular flexibility index (Phi) is 7.04. The van der Waals surface area contributed by atoms with E-state index in [1.165, 1.54) is 0 Å². The van der Waals surface area contributed by atoms with E-state index in [0.717, 1.165) is 31.6 Å². The Morgan fingerprint density at radius 3 is 2.28 bits per heavy atom. The van der Waals surface area contributed by atoms with Crippen LogP contribution in [0.15, 0.2) is 36.4 Å². The number of anilines is 2.